The number of amides is 1. The van der Waals surface area contributed by atoms with Gasteiger partial charge in [0.15, 0.2) is 0 Å². The van der Waals surface area contributed by atoms with E-state index in [1.165, 1.54) is 0 Å². The summed E-state index contributed by atoms with van der Waals surface area (Å²) in [5.41, 5.74) is 1.12. The molecule has 0 radical (unpaired) electrons. The quantitative estimate of drug-likeness (QED) is 0.263. The van der Waals surface area contributed by atoms with Gasteiger partial charge in [-0.05, 0) is 38.5 Å². The Morgan fingerprint density at radius 1 is 0.771 bits per heavy atom. The maximum absolute atomic E-state index is 12.2. The summed E-state index contributed by atoms with van der Waals surface area (Å²) >= 11 is 0. The van der Waals surface area contributed by atoms with Gasteiger partial charge in [0.2, 0.25) is 0 Å². The Kier molecular flexibility index (Phi) is 14.6. The monoisotopic (exact) mass is 492 g/mol. The molecule has 0 spiro atoms. The van der Waals surface area contributed by atoms with Gasteiger partial charge in [0.05, 0.1) is 58.4 Å². The van der Waals surface area contributed by atoms with Crippen molar-refractivity contribution in [3.8, 4) is 0 Å². The third-order valence-corrected chi connectivity index (χ3v) is 4.73. The number of hydrogen-bond acceptors (Lipinski definition) is 7. The fraction of sp³-hybridized carbons (Fsp3) is 0.667. The van der Waals surface area contributed by atoms with Crippen molar-refractivity contribution in [2.24, 2.45) is 10.4 Å². The minimum Gasteiger partial charge on any atom is -0.379 e. The van der Waals surface area contributed by atoms with E-state index in [0.29, 0.717) is 71.4 Å². The summed E-state index contributed by atoms with van der Waals surface area (Å²) in [5, 5.41) is 2.84. The molecule has 0 atom stereocenters. The first-order chi connectivity index (χ1) is 16.5. The molecule has 0 aliphatic rings. The van der Waals surface area contributed by atoms with Gasteiger partial charge >= 0.3 is 0 Å². The van der Waals surface area contributed by atoms with Gasteiger partial charge in [-0.2, -0.15) is 0 Å². The van der Waals surface area contributed by atoms with Crippen LogP contribution in [-0.4, -0.2) is 82.8 Å². The number of ketones is 1. The van der Waals surface area contributed by atoms with Gasteiger partial charge < -0.3 is 24.3 Å². The molecule has 1 amide bonds. The lowest BCUT2D eigenvalue weighted by Gasteiger charge is -2.16. The number of hydrogen-bond donors (Lipinski definition) is 1. The summed E-state index contributed by atoms with van der Waals surface area (Å²) in [6, 6.07) is 7.34. The summed E-state index contributed by atoms with van der Waals surface area (Å²) < 4.78 is 21.8. The van der Waals surface area contributed by atoms with Crippen LogP contribution in [0.5, 0.6) is 0 Å². The van der Waals surface area contributed by atoms with Gasteiger partial charge in [-0.1, -0.05) is 32.9 Å². The van der Waals surface area contributed by atoms with Gasteiger partial charge in [-0.15, -0.1) is 0 Å². The Balaban J connectivity index is 1.95. The number of nitrogens with one attached hydrogen (secondary N) is 1. The zero-order chi connectivity index (χ0) is 26.2. The van der Waals surface area contributed by atoms with Gasteiger partial charge in [-0.3, -0.25) is 14.6 Å². The van der Waals surface area contributed by atoms with E-state index in [9.17, 15) is 9.59 Å². The fourth-order valence-corrected chi connectivity index (χ4v) is 2.63. The minimum absolute atomic E-state index is 0.125. The van der Waals surface area contributed by atoms with Crippen molar-refractivity contribution < 1.29 is 28.5 Å². The van der Waals surface area contributed by atoms with Crippen LogP contribution in [0.15, 0.2) is 29.3 Å². The predicted octanol–water partition coefficient (Wildman–Crippen LogP) is 3.71. The lowest BCUT2D eigenvalue weighted by molar-refractivity contribution is -0.127. The van der Waals surface area contributed by atoms with E-state index in [1.54, 1.807) is 12.1 Å². The van der Waals surface area contributed by atoms with Gasteiger partial charge in [0.1, 0.15) is 5.78 Å². The summed E-state index contributed by atoms with van der Waals surface area (Å²) in [6.45, 7) is 15.9. The first-order valence-electron chi connectivity index (χ1n) is 12.3. The number of carbonyl (C=O) groups excluding carboxylic acids is 2. The third kappa shape index (κ3) is 16.2. The van der Waals surface area contributed by atoms with E-state index in [2.05, 4.69) is 10.3 Å². The van der Waals surface area contributed by atoms with Crippen molar-refractivity contribution >= 4 is 17.9 Å². The van der Waals surface area contributed by atoms with Gasteiger partial charge in [0.25, 0.3) is 5.91 Å². The zero-order valence-electron chi connectivity index (χ0n) is 22.4. The van der Waals surface area contributed by atoms with E-state index in [-0.39, 0.29) is 22.6 Å². The fourth-order valence-electron chi connectivity index (χ4n) is 2.63. The number of rotatable bonds is 17. The summed E-state index contributed by atoms with van der Waals surface area (Å²) in [5.74, 6) is 0.0649. The van der Waals surface area contributed by atoms with Crippen LogP contribution < -0.4 is 5.32 Å². The minimum atomic E-state index is -0.316. The molecule has 1 aromatic carbocycles. The van der Waals surface area contributed by atoms with Crippen molar-refractivity contribution in [3.05, 3.63) is 35.4 Å². The number of benzene rings is 1. The Labute approximate surface area is 210 Å². The Morgan fingerprint density at radius 2 is 1.26 bits per heavy atom. The highest BCUT2D eigenvalue weighted by Gasteiger charge is 2.20. The molecule has 0 aromatic heterocycles. The summed E-state index contributed by atoms with van der Waals surface area (Å²) in [4.78, 5) is 28.4. The van der Waals surface area contributed by atoms with Crippen molar-refractivity contribution in [3.63, 3.8) is 0 Å². The molecule has 8 heteroatoms. The predicted molar refractivity (Wildman–Crippen MR) is 138 cm³/mol. The Morgan fingerprint density at radius 3 is 1.74 bits per heavy atom. The molecular weight excluding hydrogens is 448 g/mol. The van der Waals surface area contributed by atoms with Crippen LogP contribution in [0.25, 0.3) is 0 Å². The molecule has 1 N–H and O–H groups in total. The Bertz CT molecular complexity index is 763. The second kappa shape index (κ2) is 16.5. The molecule has 0 bridgehead atoms. The molecular formula is C27H44N2O6. The molecule has 1 rings (SSSR count). The highest BCUT2D eigenvalue weighted by molar-refractivity contribution is 5.95. The largest absolute Gasteiger partial charge is 0.379 e. The van der Waals surface area contributed by atoms with Gasteiger partial charge in [-0.25, -0.2) is 0 Å². The second-order valence-electron chi connectivity index (χ2n) is 10.2. The average Bonchev–Trinajstić information content (AvgIpc) is 2.79. The second-order valence-corrected chi connectivity index (χ2v) is 10.2. The van der Waals surface area contributed by atoms with E-state index in [4.69, 9.17) is 18.9 Å². The summed E-state index contributed by atoms with van der Waals surface area (Å²) in [6.07, 6.45) is 2.25. The smallest absolute Gasteiger partial charge is 0.251 e. The first-order valence-corrected chi connectivity index (χ1v) is 12.3. The topological polar surface area (TPSA) is 95.5 Å². The van der Waals surface area contributed by atoms with Crippen LogP contribution >= 0.6 is 0 Å². The molecule has 0 heterocycles. The van der Waals surface area contributed by atoms with Crippen LogP contribution in [0, 0.1) is 5.41 Å². The molecule has 0 unspecified atom stereocenters. The number of carbonyl (C=O) groups is 2. The highest BCUT2D eigenvalue weighted by Crippen LogP contribution is 2.16. The maximum atomic E-state index is 12.2. The molecule has 0 saturated carbocycles. The number of aliphatic imine (C=N–C) groups is 1. The van der Waals surface area contributed by atoms with E-state index < -0.39 is 0 Å². The van der Waals surface area contributed by atoms with Crippen molar-refractivity contribution in [1.29, 1.82) is 0 Å². The third-order valence-electron chi connectivity index (χ3n) is 4.73. The van der Waals surface area contributed by atoms with Crippen LogP contribution in [-0.2, 0) is 23.7 Å². The van der Waals surface area contributed by atoms with Crippen LogP contribution in [0.2, 0.25) is 0 Å². The van der Waals surface area contributed by atoms with Gasteiger partial charge in [0, 0.05) is 30.2 Å². The van der Waals surface area contributed by atoms with E-state index >= 15 is 0 Å². The average molecular weight is 493 g/mol. The normalized spacial score (nSPS) is 12.3. The molecule has 8 nitrogen and oxygen atoms in total. The maximum Gasteiger partial charge on any atom is 0.251 e. The molecule has 1 aromatic rings. The van der Waals surface area contributed by atoms with Crippen LogP contribution in [0.1, 0.15) is 63.9 Å². The molecule has 35 heavy (non-hydrogen) atoms. The van der Waals surface area contributed by atoms with Crippen molar-refractivity contribution in [2.45, 2.75) is 53.5 Å². The standard InChI is InChI=1S/C27H44N2O6/c1-26(2,3)24(30)11-13-32-15-17-34-19-20-35-18-16-33-14-12-28-25(31)23-9-7-22(8-10-23)21-29-27(4,5)6/h7-10,21H,11-20H2,1-6H3,(H,28,31). The Hall–Kier alpha value is -2.13. The molecule has 198 valence electrons. The number of ether oxygens (including phenoxy) is 4. The molecule has 0 aliphatic heterocycles. The highest BCUT2D eigenvalue weighted by atomic mass is 16.6. The van der Waals surface area contributed by atoms with Crippen LogP contribution in [0.3, 0.4) is 0 Å². The van der Waals surface area contributed by atoms with Crippen molar-refractivity contribution in [1.82, 2.24) is 5.32 Å². The molecule has 0 aliphatic carbocycles. The lowest BCUT2D eigenvalue weighted by atomic mass is 9.89. The number of Topliss-reactive ketones (excluding diaryl/α,β-unsaturated/α-hetero) is 1. The van der Waals surface area contributed by atoms with Crippen molar-refractivity contribution in [2.75, 3.05) is 59.4 Å². The van der Waals surface area contributed by atoms with E-state index in [1.807, 2.05) is 59.9 Å². The number of nitrogens with zero attached hydrogens (tertiary/aromatic N) is 1. The molecule has 0 fully saturated rings. The SMILES string of the molecule is CC(C)(C)N=Cc1ccc(C(=O)NCCOCCOCCOCCOCCC(=O)C(C)(C)C)cc1. The first kappa shape index (κ1) is 30.9. The summed E-state index contributed by atoms with van der Waals surface area (Å²) in [7, 11) is 0. The zero-order valence-corrected chi connectivity index (χ0v) is 22.4. The van der Waals surface area contributed by atoms with Crippen LogP contribution in [0.4, 0.5) is 0 Å². The molecule has 0 saturated heterocycles. The van der Waals surface area contributed by atoms with E-state index in [0.717, 1.165) is 5.56 Å². The lowest BCUT2D eigenvalue weighted by Crippen LogP contribution is -2.27.